The lowest BCUT2D eigenvalue weighted by Crippen LogP contribution is -2.42. The average Bonchev–Trinajstić information content (AvgIpc) is 3.02. The van der Waals surface area contributed by atoms with Crippen molar-refractivity contribution in [2.45, 2.75) is 25.6 Å². The van der Waals surface area contributed by atoms with Gasteiger partial charge in [-0.2, -0.15) is 0 Å². The summed E-state index contributed by atoms with van der Waals surface area (Å²) in [6.07, 6.45) is 1.14. The van der Waals surface area contributed by atoms with Crippen molar-refractivity contribution >= 4 is 17.3 Å². The predicted octanol–water partition coefficient (Wildman–Crippen LogP) is 2.93. The highest BCUT2D eigenvalue weighted by molar-refractivity contribution is 7.80. The van der Waals surface area contributed by atoms with Crippen LogP contribution in [0.3, 0.4) is 0 Å². The van der Waals surface area contributed by atoms with Crippen LogP contribution in [0.5, 0.6) is 0 Å². The van der Waals surface area contributed by atoms with Crippen molar-refractivity contribution in [1.29, 1.82) is 0 Å². The quantitative estimate of drug-likeness (QED) is 0.827. The largest absolute Gasteiger partial charge is 0.359 e. The van der Waals surface area contributed by atoms with Gasteiger partial charge in [-0.25, -0.2) is 0 Å². The molecule has 2 N–H and O–H groups in total. The SMILES string of the molecule is S=C(NCc1ccccc1)N[C@H]1CCN(Cc2ccccc2)C1. The highest BCUT2D eigenvalue weighted by Crippen LogP contribution is 2.13. The highest BCUT2D eigenvalue weighted by Gasteiger charge is 2.22. The Balaban J connectivity index is 1.40. The summed E-state index contributed by atoms with van der Waals surface area (Å²) in [7, 11) is 0. The Kier molecular flexibility index (Phi) is 5.61. The molecule has 0 saturated carbocycles. The zero-order chi connectivity index (χ0) is 15.9. The minimum absolute atomic E-state index is 0.439. The van der Waals surface area contributed by atoms with Crippen molar-refractivity contribution in [1.82, 2.24) is 15.5 Å². The van der Waals surface area contributed by atoms with Crippen LogP contribution in [0.4, 0.5) is 0 Å². The number of nitrogens with one attached hydrogen (secondary N) is 2. The van der Waals surface area contributed by atoms with Gasteiger partial charge >= 0.3 is 0 Å². The number of hydrogen-bond acceptors (Lipinski definition) is 2. The van der Waals surface area contributed by atoms with Crippen LogP contribution in [-0.4, -0.2) is 29.1 Å². The number of thiocarbonyl (C=S) groups is 1. The van der Waals surface area contributed by atoms with E-state index in [0.29, 0.717) is 6.04 Å². The van der Waals surface area contributed by atoms with E-state index in [1.54, 1.807) is 0 Å². The fourth-order valence-electron chi connectivity index (χ4n) is 2.95. The molecule has 0 amide bonds. The van der Waals surface area contributed by atoms with Crippen LogP contribution in [0.25, 0.3) is 0 Å². The Bertz CT molecular complexity index is 615. The topological polar surface area (TPSA) is 27.3 Å². The average molecular weight is 325 g/mol. The monoisotopic (exact) mass is 325 g/mol. The molecule has 0 bridgehead atoms. The number of rotatable bonds is 5. The van der Waals surface area contributed by atoms with Gasteiger partial charge in [0.1, 0.15) is 0 Å². The third-order valence-electron chi connectivity index (χ3n) is 4.15. The molecule has 0 spiro atoms. The maximum absolute atomic E-state index is 5.42. The van der Waals surface area contributed by atoms with Gasteiger partial charge in [-0.3, -0.25) is 4.90 Å². The molecule has 1 aliphatic rings. The summed E-state index contributed by atoms with van der Waals surface area (Å²) in [4.78, 5) is 2.48. The molecule has 0 aliphatic carbocycles. The van der Waals surface area contributed by atoms with E-state index >= 15 is 0 Å². The lowest BCUT2D eigenvalue weighted by Gasteiger charge is -2.18. The van der Waals surface area contributed by atoms with Gasteiger partial charge in [0.25, 0.3) is 0 Å². The van der Waals surface area contributed by atoms with Crippen LogP contribution in [0.1, 0.15) is 17.5 Å². The van der Waals surface area contributed by atoms with Crippen LogP contribution >= 0.6 is 12.2 Å². The molecule has 1 heterocycles. The first kappa shape index (κ1) is 16.0. The summed E-state index contributed by atoms with van der Waals surface area (Å²) in [5, 5.41) is 7.49. The fourth-order valence-corrected chi connectivity index (χ4v) is 3.19. The van der Waals surface area contributed by atoms with Crippen molar-refractivity contribution in [3.05, 3.63) is 71.8 Å². The second-order valence-corrected chi connectivity index (χ2v) is 6.43. The smallest absolute Gasteiger partial charge is 0.166 e. The standard InChI is InChI=1S/C19H23N3S/c23-19(20-13-16-7-3-1-4-8-16)21-18-11-12-22(15-18)14-17-9-5-2-6-10-17/h1-10,18H,11-15H2,(H2,20,21,23)/t18-/m0/s1. The zero-order valence-corrected chi connectivity index (χ0v) is 14.1. The fraction of sp³-hybridized carbons (Fsp3) is 0.316. The summed E-state index contributed by atoms with van der Waals surface area (Å²) in [5.74, 6) is 0. The van der Waals surface area contributed by atoms with Crippen molar-refractivity contribution in [2.24, 2.45) is 0 Å². The number of likely N-dealkylation sites (tertiary alicyclic amines) is 1. The molecule has 120 valence electrons. The molecule has 1 atom stereocenters. The molecule has 1 aliphatic heterocycles. The predicted molar refractivity (Wildman–Crippen MR) is 99.1 cm³/mol. The maximum Gasteiger partial charge on any atom is 0.166 e. The van der Waals surface area contributed by atoms with Gasteiger partial charge in [-0.05, 0) is 29.8 Å². The molecule has 3 nitrogen and oxygen atoms in total. The Morgan fingerprint density at radius 3 is 2.35 bits per heavy atom. The lowest BCUT2D eigenvalue weighted by molar-refractivity contribution is 0.324. The molecule has 3 rings (SSSR count). The van der Waals surface area contributed by atoms with Crippen LogP contribution in [-0.2, 0) is 13.1 Å². The van der Waals surface area contributed by atoms with Gasteiger partial charge in [0, 0.05) is 32.2 Å². The molecular weight excluding hydrogens is 302 g/mol. The third kappa shape index (κ3) is 5.05. The molecule has 23 heavy (non-hydrogen) atoms. The second kappa shape index (κ2) is 8.09. The molecule has 4 heteroatoms. The van der Waals surface area contributed by atoms with Crippen molar-refractivity contribution in [3.63, 3.8) is 0 Å². The Labute approximate surface area is 143 Å². The molecule has 0 aromatic heterocycles. The Morgan fingerprint density at radius 2 is 1.65 bits per heavy atom. The molecule has 1 fully saturated rings. The van der Waals surface area contributed by atoms with E-state index in [1.807, 2.05) is 18.2 Å². The molecule has 2 aromatic carbocycles. The molecule has 0 unspecified atom stereocenters. The summed E-state index contributed by atoms with van der Waals surface area (Å²) >= 11 is 5.42. The first-order valence-electron chi connectivity index (χ1n) is 8.14. The molecule has 1 saturated heterocycles. The van der Waals surface area contributed by atoms with E-state index in [1.165, 1.54) is 11.1 Å². The molecule has 0 radical (unpaired) electrons. The Morgan fingerprint density at radius 1 is 1.00 bits per heavy atom. The summed E-state index contributed by atoms with van der Waals surface area (Å²) in [6.45, 7) is 3.95. The Hall–Kier alpha value is -1.91. The first-order chi connectivity index (χ1) is 11.3. The zero-order valence-electron chi connectivity index (χ0n) is 13.2. The van der Waals surface area contributed by atoms with E-state index in [2.05, 4.69) is 58.0 Å². The van der Waals surface area contributed by atoms with Gasteiger partial charge in [-0.1, -0.05) is 60.7 Å². The second-order valence-electron chi connectivity index (χ2n) is 6.02. The van der Waals surface area contributed by atoms with Crippen molar-refractivity contribution < 1.29 is 0 Å². The van der Waals surface area contributed by atoms with Crippen LogP contribution in [0.2, 0.25) is 0 Å². The van der Waals surface area contributed by atoms with Crippen LogP contribution in [0.15, 0.2) is 60.7 Å². The van der Waals surface area contributed by atoms with Gasteiger partial charge in [0.2, 0.25) is 0 Å². The minimum atomic E-state index is 0.439. The third-order valence-corrected chi connectivity index (χ3v) is 4.41. The van der Waals surface area contributed by atoms with E-state index < -0.39 is 0 Å². The van der Waals surface area contributed by atoms with Gasteiger partial charge in [-0.15, -0.1) is 0 Å². The maximum atomic E-state index is 5.42. The van der Waals surface area contributed by atoms with E-state index in [-0.39, 0.29) is 0 Å². The molecule has 2 aromatic rings. The lowest BCUT2D eigenvalue weighted by atomic mass is 10.2. The molecular formula is C19H23N3S. The number of benzene rings is 2. The highest BCUT2D eigenvalue weighted by atomic mass is 32.1. The van der Waals surface area contributed by atoms with Crippen LogP contribution in [0, 0.1) is 0 Å². The van der Waals surface area contributed by atoms with E-state index in [9.17, 15) is 0 Å². The number of hydrogen-bond donors (Lipinski definition) is 2. The van der Waals surface area contributed by atoms with Crippen LogP contribution < -0.4 is 10.6 Å². The van der Waals surface area contributed by atoms with Crippen molar-refractivity contribution in [2.75, 3.05) is 13.1 Å². The van der Waals surface area contributed by atoms with E-state index in [4.69, 9.17) is 12.2 Å². The minimum Gasteiger partial charge on any atom is -0.359 e. The summed E-state index contributed by atoms with van der Waals surface area (Å²) < 4.78 is 0. The normalized spacial score (nSPS) is 17.8. The van der Waals surface area contributed by atoms with Gasteiger partial charge < -0.3 is 10.6 Å². The summed E-state index contributed by atoms with van der Waals surface area (Å²) in [6, 6.07) is 21.4. The van der Waals surface area contributed by atoms with Gasteiger partial charge in [0.15, 0.2) is 5.11 Å². The number of nitrogens with zero attached hydrogens (tertiary/aromatic N) is 1. The van der Waals surface area contributed by atoms with Crippen molar-refractivity contribution in [3.8, 4) is 0 Å². The van der Waals surface area contributed by atoms with E-state index in [0.717, 1.165) is 37.7 Å². The summed E-state index contributed by atoms with van der Waals surface area (Å²) in [5.41, 5.74) is 2.62. The first-order valence-corrected chi connectivity index (χ1v) is 8.55. The van der Waals surface area contributed by atoms with Gasteiger partial charge in [0.05, 0.1) is 0 Å².